The molecule has 1 aromatic rings. The summed E-state index contributed by atoms with van der Waals surface area (Å²) in [6.07, 6.45) is 4.24. The Kier molecular flexibility index (Phi) is 8.96. The normalized spacial score (nSPS) is 10.3. The Morgan fingerprint density at radius 1 is 0.864 bits per heavy atom. The van der Waals surface area contributed by atoms with Crippen LogP contribution >= 0.6 is 0 Å². The maximum atomic E-state index is 11.3. The number of hydrogen-bond acceptors (Lipinski definition) is 4. The van der Waals surface area contributed by atoms with Crippen molar-refractivity contribution in [2.75, 3.05) is 13.2 Å². The maximum Gasteiger partial charge on any atom is 0.305 e. The molecule has 0 saturated heterocycles. The molecule has 0 atom stereocenters. The third-order valence-corrected chi connectivity index (χ3v) is 3.29. The van der Waals surface area contributed by atoms with E-state index in [0.717, 1.165) is 25.7 Å². The predicted molar refractivity (Wildman–Crippen MR) is 85.6 cm³/mol. The summed E-state index contributed by atoms with van der Waals surface area (Å²) >= 11 is 0. The fourth-order valence-electron chi connectivity index (χ4n) is 2.28. The Morgan fingerprint density at radius 2 is 1.32 bits per heavy atom. The highest BCUT2D eigenvalue weighted by atomic mass is 16.5. The van der Waals surface area contributed by atoms with Crippen LogP contribution in [0.4, 0.5) is 0 Å². The second kappa shape index (κ2) is 10.8. The van der Waals surface area contributed by atoms with Crippen LogP contribution in [0.5, 0.6) is 0 Å². The number of hydrogen-bond donors (Lipinski definition) is 0. The van der Waals surface area contributed by atoms with Gasteiger partial charge in [0.2, 0.25) is 0 Å². The molecule has 122 valence electrons. The molecule has 4 heteroatoms. The summed E-state index contributed by atoms with van der Waals surface area (Å²) in [4.78, 5) is 22.6. The third kappa shape index (κ3) is 7.81. The fraction of sp³-hybridized carbons (Fsp3) is 0.556. The highest BCUT2D eigenvalue weighted by Gasteiger charge is 2.04. The van der Waals surface area contributed by atoms with E-state index in [1.165, 1.54) is 11.1 Å². The topological polar surface area (TPSA) is 52.6 Å². The van der Waals surface area contributed by atoms with E-state index < -0.39 is 0 Å². The minimum Gasteiger partial charge on any atom is -0.466 e. The number of ether oxygens (including phenoxy) is 2. The molecule has 0 bridgehead atoms. The maximum absolute atomic E-state index is 11.3. The molecular weight excluding hydrogens is 280 g/mol. The van der Waals surface area contributed by atoms with Crippen LogP contribution in [0.1, 0.15) is 50.7 Å². The van der Waals surface area contributed by atoms with Gasteiger partial charge in [0, 0.05) is 12.8 Å². The number of aryl methyl sites for hydroxylation is 2. The van der Waals surface area contributed by atoms with E-state index in [1.54, 1.807) is 0 Å². The molecule has 0 spiro atoms. The molecule has 1 aromatic carbocycles. The van der Waals surface area contributed by atoms with Gasteiger partial charge in [-0.3, -0.25) is 9.59 Å². The van der Waals surface area contributed by atoms with Gasteiger partial charge in [-0.25, -0.2) is 0 Å². The van der Waals surface area contributed by atoms with E-state index in [4.69, 9.17) is 9.47 Å². The van der Waals surface area contributed by atoms with Crippen LogP contribution < -0.4 is 0 Å². The van der Waals surface area contributed by atoms with Gasteiger partial charge in [0.15, 0.2) is 0 Å². The van der Waals surface area contributed by atoms with Crippen molar-refractivity contribution < 1.29 is 19.1 Å². The molecule has 1 rings (SSSR count). The SMILES string of the molecule is CCOC(=O)CCCc1cccc(CCCC(=O)OCC)c1. The summed E-state index contributed by atoms with van der Waals surface area (Å²) < 4.78 is 9.83. The van der Waals surface area contributed by atoms with Crippen molar-refractivity contribution in [1.82, 2.24) is 0 Å². The van der Waals surface area contributed by atoms with E-state index >= 15 is 0 Å². The summed E-state index contributed by atoms with van der Waals surface area (Å²) in [5.41, 5.74) is 2.44. The van der Waals surface area contributed by atoms with Crippen molar-refractivity contribution in [3.63, 3.8) is 0 Å². The van der Waals surface area contributed by atoms with Gasteiger partial charge in [-0.15, -0.1) is 0 Å². The summed E-state index contributed by atoms with van der Waals surface area (Å²) in [7, 11) is 0. The van der Waals surface area contributed by atoms with Crippen LogP contribution in [0.3, 0.4) is 0 Å². The molecule has 0 unspecified atom stereocenters. The molecule has 0 aliphatic carbocycles. The lowest BCUT2D eigenvalue weighted by atomic mass is 10.0. The zero-order valence-electron chi connectivity index (χ0n) is 13.6. The standard InChI is InChI=1S/C18H26O4/c1-3-21-17(19)12-6-10-15-8-5-9-16(14-15)11-7-13-18(20)22-4-2/h5,8-9,14H,3-4,6-7,10-13H2,1-2H3. The predicted octanol–water partition coefficient (Wildman–Crippen LogP) is 3.46. The fourth-order valence-corrected chi connectivity index (χ4v) is 2.28. The zero-order valence-corrected chi connectivity index (χ0v) is 13.6. The Hall–Kier alpha value is -1.84. The lowest BCUT2D eigenvalue weighted by Gasteiger charge is -2.06. The molecular formula is C18H26O4. The molecule has 22 heavy (non-hydrogen) atoms. The van der Waals surface area contributed by atoms with Crippen LogP contribution in [0.25, 0.3) is 0 Å². The second-order valence-corrected chi connectivity index (χ2v) is 5.14. The van der Waals surface area contributed by atoms with Gasteiger partial charge >= 0.3 is 11.9 Å². The summed E-state index contributed by atoms with van der Waals surface area (Å²) in [6, 6.07) is 8.32. The third-order valence-electron chi connectivity index (χ3n) is 3.29. The summed E-state index contributed by atoms with van der Waals surface area (Å²) in [5.74, 6) is -0.263. The number of rotatable bonds is 10. The number of benzene rings is 1. The molecule has 0 aliphatic heterocycles. The zero-order chi connectivity index (χ0) is 16.2. The molecule has 0 radical (unpaired) electrons. The molecule has 0 fully saturated rings. The smallest absolute Gasteiger partial charge is 0.305 e. The first kappa shape index (κ1) is 18.2. The first-order valence-electron chi connectivity index (χ1n) is 8.04. The molecule has 0 heterocycles. The van der Waals surface area contributed by atoms with Crippen LogP contribution in [0.2, 0.25) is 0 Å². The molecule has 0 N–H and O–H groups in total. The van der Waals surface area contributed by atoms with Gasteiger partial charge < -0.3 is 9.47 Å². The second-order valence-electron chi connectivity index (χ2n) is 5.14. The Bertz CT molecular complexity index is 429. The molecule has 0 saturated carbocycles. The van der Waals surface area contributed by atoms with Gasteiger partial charge in [-0.05, 0) is 50.7 Å². The highest BCUT2D eigenvalue weighted by molar-refractivity contribution is 5.69. The average Bonchev–Trinajstić information content (AvgIpc) is 2.48. The van der Waals surface area contributed by atoms with Crippen LogP contribution in [0, 0.1) is 0 Å². The number of esters is 2. The van der Waals surface area contributed by atoms with Crippen LogP contribution in [-0.4, -0.2) is 25.2 Å². The summed E-state index contributed by atoms with van der Waals surface area (Å²) in [5, 5.41) is 0. The van der Waals surface area contributed by atoms with Crippen molar-refractivity contribution in [3.8, 4) is 0 Å². The van der Waals surface area contributed by atoms with Gasteiger partial charge in [0.1, 0.15) is 0 Å². The van der Waals surface area contributed by atoms with E-state index in [0.29, 0.717) is 26.1 Å². The lowest BCUT2D eigenvalue weighted by molar-refractivity contribution is -0.144. The first-order chi connectivity index (χ1) is 10.7. The minimum absolute atomic E-state index is 0.131. The quantitative estimate of drug-likeness (QED) is 0.621. The van der Waals surface area contributed by atoms with Gasteiger partial charge in [-0.1, -0.05) is 24.3 Å². The van der Waals surface area contributed by atoms with E-state index in [9.17, 15) is 9.59 Å². The summed E-state index contributed by atoms with van der Waals surface area (Å²) in [6.45, 7) is 4.51. The van der Waals surface area contributed by atoms with Crippen LogP contribution in [0.15, 0.2) is 24.3 Å². The van der Waals surface area contributed by atoms with Crippen molar-refractivity contribution in [2.24, 2.45) is 0 Å². The van der Waals surface area contributed by atoms with E-state index in [2.05, 4.69) is 18.2 Å². The van der Waals surface area contributed by atoms with Crippen molar-refractivity contribution >= 4 is 11.9 Å². The average molecular weight is 306 g/mol. The highest BCUT2D eigenvalue weighted by Crippen LogP contribution is 2.12. The largest absolute Gasteiger partial charge is 0.466 e. The van der Waals surface area contributed by atoms with Crippen LogP contribution in [-0.2, 0) is 31.9 Å². The Labute approximate surface area is 132 Å². The lowest BCUT2D eigenvalue weighted by Crippen LogP contribution is -2.04. The van der Waals surface area contributed by atoms with Gasteiger partial charge in [0.25, 0.3) is 0 Å². The Morgan fingerprint density at radius 3 is 1.73 bits per heavy atom. The minimum atomic E-state index is -0.131. The van der Waals surface area contributed by atoms with Gasteiger partial charge in [-0.2, -0.15) is 0 Å². The van der Waals surface area contributed by atoms with Crippen molar-refractivity contribution in [3.05, 3.63) is 35.4 Å². The van der Waals surface area contributed by atoms with Crippen molar-refractivity contribution in [1.29, 1.82) is 0 Å². The van der Waals surface area contributed by atoms with Crippen molar-refractivity contribution in [2.45, 2.75) is 52.4 Å². The molecule has 4 nitrogen and oxygen atoms in total. The molecule has 0 amide bonds. The number of carbonyl (C=O) groups is 2. The van der Waals surface area contributed by atoms with E-state index in [-0.39, 0.29) is 11.9 Å². The molecule has 0 aromatic heterocycles. The number of carbonyl (C=O) groups excluding carboxylic acids is 2. The van der Waals surface area contributed by atoms with Gasteiger partial charge in [0.05, 0.1) is 13.2 Å². The molecule has 0 aliphatic rings. The van der Waals surface area contributed by atoms with E-state index in [1.807, 2.05) is 19.9 Å². The Balaban J connectivity index is 2.32. The monoisotopic (exact) mass is 306 g/mol. The first-order valence-corrected chi connectivity index (χ1v) is 8.04.